The summed E-state index contributed by atoms with van der Waals surface area (Å²) in [7, 11) is 1.49. The Morgan fingerprint density at radius 2 is 1.90 bits per heavy atom. The Labute approximate surface area is 125 Å². The number of rotatable bonds is 8. The zero-order chi connectivity index (χ0) is 15.8. The first-order valence-corrected chi connectivity index (χ1v) is 7.05. The zero-order valence-electron chi connectivity index (χ0n) is 13.0. The number of carbonyl (C=O) groups excluding carboxylic acids is 2. The van der Waals surface area contributed by atoms with Crippen LogP contribution < -0.4 is 9.47 Å². The molecule has 0 aliphatic heterocycles. The van der Waals surface area contributed by atoms with Gasteiger partial charge in [-0.15, -0.1) is 0 Å². The van der Waals surface area contributed by atoms with E-state index in [1.807, 2.05) is 6.92 Å². The lowest BCUT2D eigenvalue weighted by Gasteiger charge is -2.19. The molecule has 1 atom stereocenters. The first-order valence-electron chi connectivity index (χ1n) is 7.05. The highest BCUT2D eigenvalue weighted by atomic mass is 16.6. The second-order valence-electron chi connectivity index (χ2n) is 4.57. The SMILES string of the molecule is CCCC(Oc1ccc(C(C)=O)cc1OC)C(=O)OCC. The van der Waals surface area contributed by atoms with Crippen molar-refractivity contribution in [2.24, 2.45) is 0 Å². The lowest BCUT2D eigenvalue weighted by Crippen LogP contribution is -2.29. The fourth-order valence-electron chi connectivity index (χ4n) is 1.86. The predicted octanol–water partition coefficient (Wildman–Crippen LogP) is 3.01. The Kier molecular flexibility index (Phi) is 6.72. The number of methoxy groups -OCH3 is 1. The summed E-state index contributed by atoms with van der Waals surface area (Å²) >= 11 is 0. The van der Waals surface area contributed by atoms with Crippen LogP contribution >= 0.6 is 0 Å². The lowest BCUT2D eigenvalue weighted by atomic mass is 10.1. The lowest BCUT2D eigenvalue weighted by molar-refractivity contribution is -0.151. The molecule has 0 amide bonds. The number of esters is 1. The summed E-state index contributed by atoms with van der Waals surface area (Å²) in [6.07, 6.45) is 0.667. The fourth-order valence-corrected chi connectivity index (χ4v) is 1.86. The van der Waals surface area contributed by atoms with Gasteiger partial charge < -0.3 is 14.2 Å². The minimum Gasteiger partial charge on any atom is -0.493 e. The van der Waals surface area contributed by atoms with E-state index in [1.165, 1.54) is 14.0 Å². The van der Waals surface area contributed by atoms with Crippen LogP contribution in [0.4, 0.5) is 0 Å². The molecule has 1 aromatic rings. The molecule has 0 heterocycles. The molecule has 21 heavy (non-hydrogen) atoms. The van der Waals surface area contributed by atoms with Crippen molar-refractivity contribution in [2.45, 2.75) is 39.7 Å². The third kappa shape index (κ3) is 4.77. The van der Waals surface area contributed by atoms with Crippen molar-refractivity contribution in [1.29, 1.82) is 0 Å². The second kappa shape index (κ2) is 8.29. The fraction of sp³-hybridized carbons (Fsp3) is 0.500. The zero-order valence-corrected chi connectivity index (χ0v) is 13.0. The number of ketones is 1. The van der Waals surface area contributed by atoms with Gasteiger partial charge in [0.25, 0.3) is 0 Å². The number of ether oxygens (including phenoxy) is 3. The first kappa shape index (κ1) is 17.0. The molecule has 0 aromatic heterocycles. The Morgan fingerprint density at radius 1 is 1.19 bits per heavy atom. The van der Waals surface area contributed by atoms with Crippen LogP contribution in [0.1, 0.15) is 44.0 Å². The average Bonchev–Trinajstić information content (AvgIpc) is 2.47. The van der Waals surface area contributed by atoms with Crippen LogP contribution in [0.25, 0.3) is 0 Å². The Morgan fingerprint density at radius 3 is 2.43 bits per heavy atom. The van der Waals surface area contributed by atoms with Crippen LogP contribution in [0.3, 0.4) is 0 Å². The summed E-state index contributed by atoms with van der Waals surface area (Å²) in [5.41, 5.74) is 0.530. The van der Waals surface area contributed by atoms with E-state index in [0.717, 1.165) is 6.42 Å². The highest BCUT2D eigenvalue weighted by molar-refractivity contribution is 5.94. The van der Waals surface area contributed by atoms with Crippen LogP contribution in [0.2, 0.25) is 0 Å². The first-order chi connectivity index (χ1) is 10.0. The van der Waals surface area contributed by atoms with E-state index in [1.54, 1.807) is 25.1 Å². The monoisotopic (exact) mass is 294 g/mol. The van der Waals surface area contributed by atoms with E-state index >= 15 is 0 Å². The molecule has 0 aliphatic rings. The predicted molar refractivity (Wildman–Crippen MR) is 79.0 cm³/mol. The second-order valence-corrected chi connectivity index (χ2v) is 4.57. The number of hydrogen-bond acceptors (Lipinski definition) is 5. The highest BCUT2D eigenvalue weighted by Gasteiger charge is 2.22. The Hall–Kier alpha value is -2.04. The molecule has 5 nitrogen and oxygen atoms in total. The standard InChI is InChI=1S/C16H22O5/c1-5-7-14(16(18)20-6-2)21-13-9-8-12(11(3)17)10-15(13)19-4/h8-10,14H,5-7H2,1-4H3. The molecule has 0 spiro atoms. The molecule has 0 N–H and O–H groups in total. The third-order valence-electron chi connectivity index (χ3n) is 2.94. The van der Waals surface area contributed by atoms with Crippen molar-refractivity contribution in [1.82, 2.24) is 0 Å². The summed E-state index contributed by atoms with van der Waals surface area (Å²) < 4.78 is 15.9. The molecule has 1 rings (SSSR count). The Balaban J connectivity index is 2.97. The average molecular weight is 294 g/mol. The maximum absolute atomic E-state index is 11.9. The van der Waals surface area contributed by atoms with Crippen molar-refractivity contribution >= 4 is 11.8 Å². The van der Waals surface area contributed by atoms with Gasteiger partial charge in [-0.05, 0) is 38.5 Å². The third-order valence-corrected chi connectivity index (χ3v) is 2.94. The molecular formula is C16H22O5. The molecule has 0 fully saturated rings. The highest BCUT2D eigenvalue weighted by Crippen LogP contribution is 2.30. The van der Waals surface area contributed by atoms with Crippen LogP contribution in [0.5, 0.6) is 11.5 Å². The van der Waals surface area contributed by atoms with E-state index in [0.29, 0.717) is 30.1 Å². The van der Waals surface area contributed by atoms with Gasteiger partial charge in [0.05, 0.1) is 13.7 Å². The molecule has 1 aromatic carbocycles. The summed E-state index contributed by atoms with van der Waals surface area (Å²) in [6.45, 7) is 5.51. The molecule has 116 valence electrons. The van der Waals surface area contributed by atoms with Gasteiger partial charge in [-0.1, -0.05) is 13.3 Å². The van der Waals surface area contributed by atoms with Gasteiger partial charge in [-0.25, -0.2) is 4.79 Å². The summed E-state index contributed by atoms with van der Waals surface area (Å²) in [5.74, 6) is 0.398. The van der Waals surface area contributed by atoms with Gasteiger partial charge in [0.1, 0.15) is 0 Å². The largest absolute Gasteiger partial charge is 0.493 e. The van der Waals surface area contributed by atoms with Gasteiger partial charge in [-0.2, -0.15) is 0 Å². The van der Waals surface area contributed by atoms with Gasteiger partial charge in [0.15, 0.2) is 23.4 Å². The number of Topliss-reactive ketones (excluding diaryl/α,β-unsaturated/α-hetero) is 1. The minimum atomic E-state index is -0.674. The van der Waals surface area contributed by atoms with Gasteiger partial charge in [0, 0.05) is 5.56 Å². The quantitative estimate of drug-likeness (QED) is 0.545. The summed E-state index contributed by atoms with van der Waals surface area (Å²) in [6, 6.07) is 4.89. The van der Waals surface area contributed by atoms with Gasteiger partial charge >= 0.3 is 5.97 Å². The molecule has 0 aliphatic carbocycles. The van der Waals surface area contributed by atoms with Gasteiger partial charge in [-0.3, -0.25) is 4.79 Å². The van der Waals surface area contributed by atoms with Crippen molar-refractivity contribution in [3.8, 4) is 11.5 Å². The van der Waals surface area contributed by atoms with Crippen molar-refractivity contribution < 1.29 is 23.8 Å². The smallest absolute Gasteiger partial charge is 0.347 e. The van der Waals surface area contributed by atoms with E-state index in [9.17, 15) is 9.59 Å². The number of hydrogen-bond donors (Lipinski definition) is 0. The van der Waals surface area contributed by atoms with E-state index in [2.05, 4.69) is 0 Å². The summed E-state index contributed by atoms with van der Waals surface area (Å²) in [5, 5.41) is 0. The normalized spacial score (nSPS) is 11.6. The van der Waals surface area contributed by atoms with Gasteiger partial charge in [0.2, 0.25) is 0 Å². The van der Waals surface area contributed by atoms with Crippen LogP contribution in [-0.4, -0.2) is 31.6 Å². The maximum Gasteiger partial charge on any atom is 0.347 e. The molecule has 0 radical (unpaired) electrons. The van der Waals surface area contributed by atoms with E-state index in [4.69, 9.17) is 14.2 Å². The topological polar surface area (TPSA) is 61.8 Å². The molecule has 5 heteroatoms. The molecule has 1 unspecified atom stereocenters. The molecule has 0 saturated carbocycles. The number of carbonyl (C=O) groups is 2. The minimum absolute atomic E-state index is 0.0599. The van der Waals surface area contributed by atoms with E-state index in [-0.39, 0.29) is 5.78 Å². The van der Waals surface area contributed by atoms with Crippen molar-refractivity contribution in [3.05, 3.63) is 23.8 Å². The maximum atomic E-state index is 11.9. The van der Waals surface area contributed by atoms with E-state index < -0.39 is 12.1 Å². The molecule has 0 bridgehead atoms. The molecule has 0 saturated heterocycles. The van der Waals surface area contributed by atoms with Crippen LogP contribution in [0, 0.1) is 0 Å². The van der Waals surface area contributed by atoms with Crippen LogP contribution in [0.15, 0.2) is 18.2 Å². The number of benzene rings is 1. The van der Waals surface area contributed by atoms with Crippen LogP contribution in [-0.2, 0) is 9.53 Å². The van der Waals surface area contributed by atoms with Crippen molar-refractivity contribution in [3.63, 3.8) is 0 Å². The Bertz CT molecular complexity index is 495. The molecular weight excluding hydrogens is 272 g/mol. The van der Waals surface area contributed by atoms with Crippen molar-refractivity contribution in [2.75, 3.05) is 13.7 Å². The summed E-state index contributed by atoms with van der Waals surface area (Å²) in [4.78, 5) is 23.2.